The molecule has 0 unspecified atom stereocenters. The van der Waals surface area contributed by atoms with Gasteiger partial charge in [0.1, 0.15) is 11.5 Å². The normalized spacial score (nSPS) is 16.6. The smallest absolute Gasteiger partial charge is 0.124 e. The molecule has 0 aliphatic heterocycles. The highest BCUT2D eigenvalue weighted by Crippen LogP contribution is 2.46. The second kappa shape index (κ2) is 7.78. The Hall–Kier alpha value is -2.42. The van der Waals surface area contributed by atoms with Crippen LogP contribution in [0.2, 0.25) is 10.0 Å². The average Bonchev–Trinajstić information content (AvgIpc) is 3.20. The van der Waals surface area contributed by atoms with Crippen LogP contribution in [0.3, 0.4) is 0 Å². The monoisotopic (exact) mass is 424 g/mol. The van der Waals surface area contributed by atoms with E-state index in [2.05, 4.69) is 26.0 Å². The first-order valence-electron chi connectivity index (χ1n) is 9.62. The topological polar surface area (TPSA) is 40.5 Å². The minimum Gasteiger partial charge on any atom is -0.507 e. The number of phenolic OH excluding ortho intramolecular Hbond substituents is 2. The molecule has 2 aliphatic rings. The van der Waals surface area contributed by atoms with Crippen LogP contribution in [0.1, 0.15) is 44.2 Å². The number of halogens is 2. The molecule has 148 valence electrons. The Kier molecular flexibility index (Phi) is 5.33. The molecule has 0 saturated carbocycles. The second-order valence-electron chi connectivity index (χ2n) is 7.52. The van der Waals surface area contributed by atoms with Crippen LogP contribution in [0.5, 0.6) is 11.5 Å². The fourth-order valence-corrected chi connectivity index (χ4v) is 4.83. The fourth-order valence-electron chi connectivity index (χ4n) is 4.27. The zero-order valence-corrected chi connectivity index (χ0v) is 17.9. The molecule has 2 nitrogen and oxygen atoms in total. The van der Waals surface area contributed by atoms with Gasteiger partial charge in [0, 0.05) is 11.1 Å². The number of hydrogen-bond acceptors (Lipinski definition) is 2. The number of hydrogen-bond donors (Lipinski definition) is 2. The molecule has 4 heteroatoms. The first-order chi connectivity index (χ1) is 13.9. The molecule has 2 N–H and O–H groups in total. The van der Waals surface area contributed by atoms with Crippen LogP contribution in [-0.2, 0) is 0 Å². The largest absolute Gasteiger partial charge is 0.507 e. The zero-order chi connectivity index (χ0) is 20.7. The highest BCUT2D eigenvalue weighted by atomic mass is 35.5. The van der Waals surface area contributed by atoms with E-state index < -0.39 is 0 Å². The first-order valence-corrected chi connectivity index (χ1v) is 10.4. The Morgan fingerprint density at radius 1 is 0.724 bits per heavy atom. The Labute approximate surface area is 181 Å². The summed E-state index contributed by atoms with van der Waals surface area (Å²) in [5.41, 5.74) is 8.43. The molecule has 0 atom stereocenters. The van der Waals surface area contributed by atoms with Crippen LogP contribution in [0.25, 0.3) is 11.1 Å². The Morgan fingerprint density at radius 3 is 1.52 bits per heavy atom. The van der Waals surface area contributed by atoms with Crippen LogP contribution in [-0.4, -0.2) is 10.2 Å². The van der Waals surface area contributed by atoms with Crippen molar-refractivity contribution >= 4 is 34.3 Å². The van der Waals surface area contributed by atoms with Crippen molar-refractivity contribution in [1.82, 2.24) is 0 Å². The first kappa shape index (κ1) is 19.9. The molecule has 29 heavy (non-hydrogen) atoms. The number of allylic oxidation sites excluding steroid dienone is 8. The quantitative estimate of drug-likeness (QED) is 0.527. The second-order valence-corrected chi connectivity index (χ2v) is 8.33. The van der Waals surface area contributed by atoms with Crippen LogP contribution in [0.15, 0.2) is 70.8 Å². The third-order valence-corrected chi connectivity index (χ3v) is 6.57. The summed E-state index contributed by atoms with van der Waals surface area (Å²) >= 11 is 12.7. The maximum absolute atomic E-state index is 10.3. The summed E-state index contributed by atoms with van der Waals surface area (Å²) in [7, 11) is 0. The third-order valence-electron chi connectivity index (χ3n) is 5.94. The SMILES string of the molecule is CC1=C(c2c(O)cccc2Cl)CC=C1CC1=CCC(c2c(O)cccc2Cl)=C1C. The molecule has 0 heterocycles. The van der Waals surface area contributed by atoms with Gasteiger partial charge >= 0.3 is 0 Å². The summed E-state index contributed by atoms with van der Waals surface area (Å²) in [6, 6.07) is 10.5. The van der Waals surface area contributed by atoms with Gasteiger partial charge in [0.05, 0.1) is 10.0 Å². The van der Waals surface area contributed by atoms with Gasteiger partial charge in [-0.3, -0.25) is 0 Å². The lowest BCUT2D eigenvalue weighted by atomic mass is 9.93. The van der Waals surface area contributed by atoms with Gasteiger partial charge in [-0.15, -0.1) is 0 Å². The average molecular weight is 425 g/mol. The fraction of sp³-hybridized carbons (Fsp3) is 0.200. The van der Waals surface area contributed by atoms with E-state index in [0.717, 1.165) is 52.7 Å². The van der Waals surface area contributed by atoms with Gasteiger partial charge < -0.3 is 10.2 Å². The van der Waals surface area contributed by atoms with Crippen molar-refractivity contribution < 1.29 is 10.2 Å². The highest BCUT2D eigenvalue weighted by Gasteiger charge is 2.24. The van der Waals surface area contributed by atoms with Gasteiger partial charge in [-0.1, -0.05) is 47.5 Å². The van der Waals surface area contributed by atoms with E-state index in [1.165, 1.54) is 11.1 Å². The van der Waals surface area contributed by atoms with Crippen molar-refractivity contribution in [2.45, 2.75) is 33.1 Å². The highest BCUT2D eigenvalue weighted by molar-refractivity contribution is 6.33. The molecule has 2 aromatic carbocycles. The number of rotatable bonds is 4. The third kappa shape index (κ3) is 3.52. The lowest BCUT2D eigenvalue weighted by molar-refractivity contribution is 0.473. The molecule has 0 aromatic heterocycles. The van der Waals surface area contributed by atoms with Gasteiger partial charge in [0.15, 0.2) is 0 Å². The van der Waals surface area contributed by atoms with Gasteiger partial charge in [-0.25, -0.2) is 0 Å². The summed E-state index contributed by atoms with van der Waals surface area (Å²) in [6.45, 7) is 4.18. The number of aromatic hydroxyl groups is 2. The summed E-state index contributed by atoms with van der Waals surface area (Å²) in [5, 5.41) is 21.7. The zero-order valence-electron chi connectivity index (χ0n) is 16.4. The van der Waals surface area contributed by atoms with E-state index in [0.29, 0.717) is 10.0 Å². The van der Waals surface area contributed by atoms with E-state index in [1.807, 2.05) is 12.1 Å². The summed E-state index contributed by atoms with van der Waals surface area (Å²) < 4.78 is 0. The lowest BCUT2D eigenvalue weighted by Gasteiger charge is -2.13. The molecule has 0 radical (unpaired) electrons. The molecule has 4 rings (SSSR count). The van der Waals surface area contributed by atoms with Crippen molar-refractivity contribution in [1.29, 1.82) is 0 Å². The molecular weight excluding hydrogens is 403 g/mol. The molecular formula is C25H22Cl2O2. The minimum atomic E-state index is 0.217. The van der Waals surface area contributed by atoms with E-state index >= 15 is 0 Å². The van der Waals surface area contributed by atoms with E-state index in [-0.39, 0.29) is 11.5 Å². The van der Waals surface area contributed by atoms with Gasteiger partial charge in [0.25, 0.3) is 0 Å². The summed E-state index contributed by atoms with van der Waals surface area (Å²) in [6.07, 6.45) is 6.75. The van der Waals surface area contributed by atoms with Crippen LogP contribution in [0.4, 0.5) is 0 Å². The summed E-state index contributed by atoms with van der Waals surface area (Å²) in [4.78, 5) is 0. The molecule has 0 amide bonds. The molecule has 0 fully saturated rings. The predicted octanol–water partition coefficient (Wildman–Crippen LogP) is 7.70. The van der Waals surface area contributed by atoms with Gasteiger partial charge in [0.2, 0.25) is 0 Å². The molecule has 2 aromatic rings. The Balaban J connectivity index is 1.63. The van der Waals surface area contributed by atoms with Gasteiger partial charge in [-0.2, -0.15) is 0 Å². The maximum atomic E-state index is 10.3. The predicted molar refractivity (Wildman–Crippen MR) is 121 cm³/mol. The molecule has 0 bridgehead atoms. The van der Waals surface area contributed by atoms with E-state index in [1.54, 1.807) is 24.3 Å². The van der Waals surface area contributed by atoms with Crippen molar-refractivity contribution in [3.05, 3.63) is 92.0 Å². The van der Waals surface area contributed by atoms with E-state index in [9.17, 15) is 10.2 Å². The standard InChI is InChI=1S/C25H22Cl2O2/c1-14-16(9-11-18(14)24-20(26)5-3-7-22(24)28)13-17-10-12-19(15(17)2)25-21(27)6-4-8-23(25)29/h3-10,28-29H,11-13H2,1-2H3. The van der Waals surface area contributed by atoms with Crippen LogP contribution < -0.4 is 0 Å². The number of benzene rings is 2. The van der Waals surface area contributed by atoms with Crippen molar-refractivity contribution in [2.75, 3.05) is 0 Å². The maximum Gasteiger partial charge on any atom is 0.124 e. The molecule has 2 aliphatic carbocycles. The van der Waals surface area contributed by atoms with Crippen molar-refractivity contribution in [3.63, 3.8) is 0 Å². The number of phenols is 2. The minimum absolute atomic E-state index is 0.217. The Bertz CT molecular complexity index is 1000. The molecule has 0 spiro atoms. The van der Waals surface area contributed by atoms with Crippen LogP contribution in [0, 0.1) is 0 Å². The summed E-state index contributed by atoms with van der Waals surface area (Å²) in [5.74, 6) is 0.434. The van der Waals surface area contributed by atoms with Crippen molar-refractivity contribution in [2.24, 2.45) is 0 Å². The van der Waals surface area contributed by atoms with Crippen LogP contribution >= 0.6 is 23.2 Å². The molecule has 0 saturated heterocycles. The van der Waals surface area contributed by atoms with E-state index in [4.69, 9.17) is 23.2 Å². The van der Waals surface area contributed by atoms with Crippen molar-refractivity contribution in [3.8, 4) is 11.5 Å². The van der Waals surface area contributed by atoms with Gasteiger partial charge in [-0.05, 0) is 90.8 Å². The Morgan fingerprint density at radius 2 is 1.14 bits per heavy atom. The lowest BCUT2D eigenvalue weighted by Crippen LogP contribution is -1.92.